The van der Waals surface area contributed by atoms with Crippen LogP contribution in [0.4, 0.5) is 0 Å². The predicted molar refractivity (Wildman–Crippen MR) is 72.0 cm³/mol. The van der Waals surface area contributed by atoms with E-state index in [2.05, 4.69) is 57.3 Å². The van der Waals surface area contributed by atoms with Crippen LogP contribution in [-0.4, -0.2) is 12.5 Å². The van der Waals surface area contributed by atoms with Crippen LogP contribution in [0, 0.1) is 12.3 Å². The van der Waals surface area contributed by atoms with E-state index in [1.807, 2.05) is 0 Å². The molecule has 1 N–H and O–H groups in total. The van der Waals surface area contributed by atoms with Crippen molar-refractivity contribution in [2.75, 3.05) is 6.54 Å². The van der Waals surface area contributed by atoms with Gasteiger partial charge in [-0.15, -0.1) is 0 Å². The lowest BCUT2D eigenvalue weighted by Gasteiger charge is -2.17. The molecule has 2 nitrogen and oxygen atoms in total. The van der Waals surface area contributed by atoms with Gasteiger partial charge in [0.25, 0.3) is 0 Å². The maximum absolute atomic E-state index is 11.6. The molecule has 0 saturated heterocycles. The molecular formula is C15H23NO. The molecule has 94 valence electrons. The Morgan fingerprint density at radius 1 is 1.29 bits per heavy atom. The molecule has 0 unspecified atom stereocenters. The first-order valence-electron chi connectivity index (χ1n) is 6.19. The van der Waals surface area contributed by atoms with Crippen molar-refractivity contribution in [1.29, 1.82) is 0 Å². The molecule has 0 heterocycles. The molecule has 0 aliphatic carbocycles. The molecule has 1 aromatic carbocycles. The summed E-state index contributed by atoms with van der Waals surface area (Å²) in [5.41, 5.74) is 2.61. The second-order valence-electron chi connectivity index (χ2n) is 5.83. The minimum atomic E-state index is 0.0629. The molecule has 0 aliphatic rings. The van der Waals surface area contributed by atoms with Crippen molar-refractivity contribution in [2.45, 2.75) is 40.5 Å². The largest absolute Gasteiger partial charge is 0.356 e. The van der Waals surface area contributed by atoms with E-state index in [1.165, 1.54) is 11.1 Å². The molecule has 1 rings (SSSR count). The fourth-order valence-corrected chi connectivity index (χ4v) is 1.76. The standard InChI is InChI=1S/C15H23NO/c1-12-6-5-7-13(10-12)8-9-16-14(17)11-15(2,3)4/h5-7,10H,8-9,11H2,1-4H3,(H,16,17). The highest BCUT2D eigenvalue weighted by atomic mass is 16.1. The molecule has 0 fully saturated rings. The van der Waals surface area contributed by atoms with E-state index in [4.69, 9.17) is 0 Å². The molecule has 0 bridgehead atoms. The zero-order valence-electron chi connectivity index (χ0n) is 11.3. The third-order valence-corrected chi connectivity index (χ3v) is 2.51. The highest BCUT2D eigenvalue weighted by Crippen LogP contribution is 2.17. The zero-order valence-corrected chi connectivity index (χ0v) is 11.3. The molecular weight excluding hydrogens is 210 g/mol. The Balaban J connectivity index is 2.31. The SMILES string of the molecule is Cc1cccc(CCNC(=O)CC(C)(C)C)c1. The Kier molecular flexibility index (Phi) is 4.73. The van der Waals surface area contributed by atoms with E-state index in [-0.39, 0.29) is 11.3 Å². The van der Waals surface area contributed by atoms with Gasteiger partial charge in [-0.2, -0.15) is 0 Å². The number of hydrogen-bond acceptors (Lipinski definition) is 1. The smallest absolute Gasteiger partial charge is 0.220 e. The van der Waals surface area contributed by atoms with Gasteiger partial charge in [-0.05, 0) is 24.3 Å². The van der Waals surface area contributed by atoms with E-state index >= 15 is 0 Å². The van der Waals surface area contributed by atoms with Gasteiger partial charge in [0.15, 0.2) is 0 Å². The van der Waals surface area contributed by atoms with Crippen molar-refractivity contribution in [1.82, 2.24) is 5.32 Å². The number of rotatable bonds is 4. The topological polar surface area (TPSA) is 29.1 Å². The maximum atomic E-state index is 11.6. The molecule has 17 heavy (non-hydrogen) atoms. The summed E-state index contributed by atoms with van der Waals surface area (Å²) in [6.45, 7) is 9.04. The maximum Gasteiger partial charge on any atom is 0.220 e. The van der Waals surface area contributed by atoms with Gasteiger partial charge >= 0.3 is 0 Å². The van der Waals surface area contributed by atoms with Gasteiger partial charge in [-0.1, -0.05) is 50.6 Å². The predicted octanol–water partition coefficient (Wildman–Crippen LogP) is 3.09. The van der Waals surface area contributed by atoms with Gasteiger partial charge in [0, 0.05) is 13.0 Å². The van der Waals surface area contributed by atoms with Gasteiger partial charge in [0.2, 0.25) is 5.91 Å². The number of carbonyl (C=O) groups excluding carboxylic acids is 1. The Hall–Kier alpha value is -1.31. The van der Waals surface area contributed by atoms with E-state index in [9.17, 15) is 4.79 Å². The van der Waals surface area contributed by atoms with Crippen molar-refractivity contribution in [3.05, 3.63) is 35.4 Å². The first-order chi connectivity index (χ1) is 7.87. The monoisotopic (exact) mass is 233 g/mol. The lowest BCUT2D eigenvalue weighted by atomic mass is 9.92. The lowest BCUT2D eigenvalue weighted by molar-refractivity contribution is -0.122. The molecule has 1 aromatic rings. The van der Waals surface area contributed by atoms with E-state index in [0.29, 0.717) is 6.42 Å². The summed E-state index contributed by atoms with van der Waals surface area (Å²) in [4.78, 5) is 11.6. The molecule has 2 heteroatoms. The lowest BCUT2D eigenvalue weighted by Crippen LogP contribution is -2.29. The van der Waals surface area contributed by atoms with Crippen molar-refractivity contribution in [3.63, 3.8) is 0 Å². The number of amides is 1. The average molecular weight is 233 g/mol. The van der Waals surface area contributed by atoms with Crippen LogP contribution in [0.3, 0.4) is 0 Å². The van der Waals surface area contributed by atoms with Gasteiger partial charge in [-0.3, -0.25) is 4.79 Å². The highest BCUT2D eigenvalue weighted by Gasteiger charge is 2.15. The van der Waals surface area contributed by atoms with Gasteiger partial charge < -0.3 is 5.32 Å². The minimum Gasteiger partial charge on any atom is -0.356 e. The normalized spacial score (nSPS) is 11.3. The minimum absolute atomic E-state index is 0.0629. The van der Waals surface area contributed by atoms with E-state index in [0.717, 1.165) is 13.0 Å². The Morgan fingerprint density at radius 3 is 2.59 bits per heavy atom. The fourth-order valence-electron chi connectivity index (χ4n) is 1.76. The van der Waals surface area contributed by atoms with Crippen LogP contribution >= 0.6 is 0 Å². The number of carbonyl (C=O) groups is 1. The Labute approximate surface area is 104 Å². The van der Waals surface area contributed by atoms with Crippen molar-refractivity contribution in [2.24, 2.45) is 5.41 Å². The first-order valence-corrected chi connectivity index (χ1v) is 6.19. The summed E-state index contributed by atoms with van der Waals surface area (Å²) in [5.74, 6) is 0.144. The van der Waals surface area contributed by atoms with Crippen LogP contribution in [-0.2, 0) is 11.2 Å². The zero-order chi connectivity index (χ0) is 12.9. The van der Waals surface area contributed by atoms with Crippen molar-refractivity contribution in [3.8, 4) is 0 Å². The van der Waals surface area contributed by atoms with Crippen LogP contribution in [0.25, 0.3) is 0 Å². The van der Waals surface area contributed by atoms with Crippen LogP contribution < -0.4 is 5.32 Å². The Bertz CT molecular complexity index is 377. The summed E-state index contributed by atoms with van der Waals surface area (Å²) >= 11 is 0. The van der Waals surface area contributed by atoms with Crippen LogP contribution in [0.1, 0.15) is 38.3 Å². The second kappa shape index (κ2) is 5.85. The van der Waals surface area contributed by atoms with E-state index in [1.54, 1.807) is 0 Å². The van der Waals surface area contributed by atoms with Crippen molar-refractivity contribution >= 4 is 5.91 Å². The quantitative estimate of drug-likeness (QED) is 0.850. The van der Waals surface area contributed by atoms with E-state index < -0.39 is 0 Å². The summed E-state index contributed by atoms with van der Waals surface area (Å²) in [6, 6.07) is 8.40. The third-order valence-electron chi connectivity index (χ3n) is 2.51. The van der Waals surface area contributed by atoms with Gasteiger partial charge in [0.1, 0.15) is 0 Å². The summed E-state index contributed by atoms with van der Waals surface area (Å²) in [6.07, 6.45) is 1.48. The van der Waals surface area contributed by atoms with Crippen LogP contribution in [0.2, 0.25) is 0 Å². The molecule has 0 radical (unpaired) electrons. The molecule has 0 atom stereocenters. The number of hydrogen-bond donors (Lipinski definition) is 1. The van der Waals surface area contributed by atoms with Gasteiger partial charge in [-0.25, -0.2) is 0 Å². The van der Waals surface area contributed by atoms with Crippen molar-refractivity contribution < 1.29 is 4.79 Å². The molecule has 0 saturated carbocycles. The van der Waals surface area contributed by atoms with Gasteiger partial charge in [0.05, 0.1) is 0 Å². The fraction of sp³-hybridized carbons (Fsp3) is 0.533. The molecule has 1 amide bonds. The van der Waals surface area contributed by atoms with Crippen LogP contribution in [0.5, 0.6) is 0 Å². The molecule has 0 aliphatic heterocycles. The number of benzene rings is 1. The number of aryl methyl sites for hydroxylation is 1. The third kappa shape index (κ3) is 6.10. The highest BCUT2D eigenvalue weighted by molar-refractivity contribution is 5.76. The Morgan fingerprint density at radius 2 is 2.00 bits per heavy atom. The summed E-state index contributed by atoms with van der Waals surface area (Å²) in [7, 11) is 0. The molecule has 0 aromatic heterocycles. The average Bonchev–Trinajstić information content (AvgIpc) is 2.14. The molecule has 0 spiro atoms. The summed E-state index contributed by atoms with van der Waals surface area (Å²) in [5, 5.41) is 2.97. The summed E-state index contributed by atoms with van der Waals surface area (Å²) < 4.78 is 0. The number of nitrogens with one attached hydrogen (secondary N) is 1. The second-order valence-corrected chi connectivity index (χ2v) is 5.83. The van der Waals surface area contributed by atoms with Crippen LogP contribution in [0.15, 0.2) is 24.3 Å². The first kappa shape index (κ1) is 13.8.